The van der Waals surface area contributed by atoms with Crippen LogP contribution in [0, 0.1) is 6.92 Å². The Labute approximate surface area is 163 Å². The quantitative estimate of drug-likeness (QED) is 0.672. The topological polar surface area (TPSA) is 80.4 Å². The minimum atomic E-state index is -0.359. The van der Waals surface area contributed by atoms with Crippen LogP contribution in [0.5, 0.6) is 0 Å². The Bertz CT molecular complexity index is 1010. The van der Waals surface area contributed by atoms with Gasteiger partial charge in [0, 0.05) is 20.0 Å². The lowest BCUT2D eigenvalue weighted by molar-refractivity contribution is -0.131. The van der Waals surface area contributed by atoms with Gasteiger partial charge in [0.25, 0.3) is 0 Å². The van der Waals surface area contributed by atoms with Gasteiger partial charge in [0.15, 0.2) is 0 Å². The van der Waals surface area contributed by atoms with Crippen LogP contribution in [0.2, 0.25) is 0 Å². The molecule has 7 nitrogen and oxygen atoms in total. The van der Waals surface area contributed by atoms with Crippen molar-refractivity contribution in [2.45, 2.75) is 19.9 Å². The van der Waals surface area contributed by atoms with Gasteiger partial charge in [-0.1, -0.05) is 42.5 Å². The van der Waals surface area contributed by atoms with Gasteiger partial charge in [0.2, 0.25) is 5.91 Å². The first-order valence-electron chi connectivity index (χ1n) is 9.14. The molecule has 2 aromatic carbocycles. The smallest absolute Gasteiger partial charge is 0.351 e. The molecule has 1 amide bonds. The fourth-order valence-corrected chi connectivity index (χ4v) is 2.96. The van der Waals surface area contributed by atoms with Gasteiger partial charge in [-0.25, -0.2) is 4.79 Å². The molecular weight excluding hydrogens is 356 g/mol. The Kier molecular flexibility index (Phi) is 6.06. The molecule has 0 spiro atoms. The van der Waals surface area contributed by atoms with Crippen LogP contribution in [0.15, 0.2) is 59.4 Å². The highest BCUT2D eigenvalue weighted by atomic mass is 16.3. The van der Waals surface area contributed by atoms with Crippen molar-refractivity contribution in [3.63, 3.8) is 0 Å². The molecule has 0 bridgehead atoms. The third kappa shape index (κ3) is 4.37. The maximum atomic E-state index is 13.1. The molecule has 146 valence electrons. The monoisotopic (exact) mass is 380 g/mol. The number of rotatable bonds is 7. The molecule has 1 N–H and O–H groups in total. The van der Waals surface area contributed by atoms with Gasteiger partial charge < -0.3 is 10.0 Å². The van der Waals surface area contributed by atoms with Crippen LogP contribution in [-0.2, 0) is 17.8 Å². The Morgan fingerprint density at radius 3 is 2.57 bits per heavy atom. The van der Waals surface area contributed by atoms with E-state index >= 15 is 0 Å². The molecule has 3 rings (SSSR count). The second kappa shape index (κ2) is 8.67. The molecule has 0 unspecified atom stereocenters. The Morgan fingerprint density at radius 2 is 1.89 bits per heavy atom. The standard InChI is InChI=1S/C21H24N4O3/c1-16-7-6-10-18(13-16)25-21(28)24(15-20(27)23(2)11-12-26)19(22-25)14-17-8-4-3-5-9-17/h3-10,13,26H,11-12,14-15H2,1-2H3. The number of aromatic nitrogens is 3. The lowest BCUT2D eigenvalue weighted by Gasteiger charge is -2.16. The molecule has 0 saturated heterocycles. The van der Waals surface area contributed by atoms with Crippen molar-refractivity contribution in [1.29, 1.82) is 0 Å². The molecule has 0 aliphatic heterocycles. The van der Waals surface area contributed by atoms with Crippen LogP contribution in [0.4, 0.5) is 0 Å². The summed E-state index contributed by atoms with van der Waals surface area (Å²) in [5.74, 6) is 0.262. The molecule has 1 aromatic heterocycles. The average Bonchev–Trinajstić information content (AvgIpc) is 2.98. The number of likely N-dealkylation sites (N-methyl/N-ethyl adjacent to an activating group) is 1. The van der Waals surface area contributed by atoms with Crippen molar-refractivity contribution in [1.82, 2.24) is 19.2 Å². The van der Waals surface area contributed by atoms with Crippen LogP contribution in [0.25, 0.3) is 5.69 Å². The van der Waals surface area contributed by atoms with Crippen LogP contribution in [-0.4, -0.2) is 50.5 Å². The Hall–Kier alpha value is -3.19. The molecule has 0 atom stereocenters. The summed E-state index contributed by atoms with van der Waals surface area (Å²) in [5, 5.41) is 13.6. The summed E-state index contributed by atoms with van der Waals surface area (Å²) >= 11 is 0. The summed E-state index contributed by atoms with van der Waals surface area (Å²) in [6, 6.07) is 17.2. The van der Waals surface area contributed by atoms with Crippen molar-refractivity contribution in [2.24, 2.45) is 0 Å². The van der Waals surface area contributed by atoms with Crippen LogP contribution < -0.4 is 5.69 Å². The summed E-state index contributed by atoms with van der Waals surface area (Å²) in [5.41, 5.74) is 2.32. The summed E-state index contributed by atoms with van der Waals surface area (Å²) in [7, 11) is 1.60. The van der Waals surface area contributed by atoms with E-state index in [1.54, 1.807) is 7.05 Å². The molecule has 0 radical (unpaired) electrons. The van der Waals surface area contributed by atoms with Gasteiger partial charge in [0.05, 0.1) is 12.3 Å². The molecule has 1 heterocycles. The number of benzene rings is 2. The number of aliphatic hydroxyl groups is 1. The lowest BCUT2D eigenvalue weighted by Crippen LogP contribution is -2.36. The number of carbonyl (C=O) groups excluding carboxylic acids is 1. The summed E-state index contributed by atoms with van der Waals surface area (Å²) < 4.78 is 2.75. The van der Waals surface area contributed by atoms with Crippen molar-refractivity contribution < 1.29 is 9.90 Å². The first kappa shape index (κ1) is 19.6. The molecule has 0 fully saturated rings. The van der Waals surface area contributed by atoms with E-state index in [1.807, 2.05) is 61.5 Å². The van der Waals surface area contributed by atoms with Gasteiger partial charge >= 0.3 is 5.69 Å². The van der Waals surface area contributed by atoms with E-state index < -0.39 is 0 Å². The number of hydrogen-bond donors (Lipinski definition) is 1. The predicted octanol–water partition coefficient (Wildman–Crippen LogP) is 1.38. The van der Waals surface area contributed by atoms with Crippen molar-refractivity contribution in [3.05, 3.63) is 82.0 Å². The number of nitrogens with zero attached hydrogens (tertiary/aromatic N) is 4. The summed E-state index contributed by atoms with van der Waals surface area (Å²) in [4.78, 5) is 26.9. The normalized spacial score (nSPS) is 10.8. The van der Waals surface area contributed by atoms with Crippen molar-refractivity contribution in [3.8, 4) is 5.69 Å². The second-order valence-corrected chi connectivity index (χ2v) is 6.74. The maximum absolute atomic E-state index is 13.1. The third-order valence-corrected chi connectivity index (χ3v) is 4.54. The second-order valence-electron chi connectivity index (χ2n) is 6.74. The van der Waals surface area contributed by atoms with Crippen LogP contribution >= 0.6 is 0 Å². The summed E-state index contributed by atoms with van der Waals surface area (Å²) in [6.45, 7) is 1.91. The van der Waals surface area contributed by atoms with E-state index in [4.69, 9.17) is 5.11 Å². The zero-order valence-corrected chi connectivity index (χ0v) is 16.1. The van der Waals surface area contributed by atoms with E-state index in [-0.39, 0.29) is 31.3 Å². The minimum absolute atomic E-state index is 0.122. The van der Waals surface area contributed by atoms with Crippen molar-refractivity contribution in [2.75, 3.05) is 20.2 Å². The highest BCUT2D eigenvalue weighted by molar-refractivity contribution is 5.75. The van der Waals surface area contributed by atoms with E-state index in [9.17, 15) is 9.59 Å². The zero-order valence-electron chi connectivity index (χ0n) is 16.1. The average molecular weight is 380 g/mol. The molecule has 0 aliphatic carbocycles. The van der Waals surface area contributed by atoms with Crippen LogP contribution in [0.1, 0.15) is 17.0 Å². The fourth-order valence-electron chi connectivity index (χ4n) is 2.96. The van der Waals surface area contributed by atoms with Gasteiger partial charge in [-0.2, -0.15) is 4.68 Å². The highest BCUT2D eigenvalue weighted by Gasteiger charge is 2.19. The first-order valence-corrected chi connectivity index (χ1v) is 9.14. The molecular formula is C21H24N4O3. The molecule has 0 saturated carbocycles. The minimum Gasteiger partial charge on any atom is -0.395 e. The lowest BCUT2D eigenvalue weighted by atomic mass is 10.1. The van der Waals surface area contributed by atoms with E-state index in [2.05, 4.69) is 5.10 Å². The number of hydrogen-bond acceptors (Lipinski definition) is 4. The molecule has 3 aromatic rings. The number of amides is 1. The van der Waals surface area contributed by atoms with Gasteiger partial charge in [-0.15, -0.1) is 5.10 Å². The zero-order chi connectivity index (χ0) is 20.1. The van der Waals surface area contributed by atoms with Gasteiger partial charge in [0.1, 0.15) is 12.4 Å². The Morgan fingerprint density at radius 1 is 1.14 bits per heavy atom. The summed E-state index contributed by atoms with van der Waals surface area (Å²) in [6.07, 6.45) is 0.436. The largest absolute Gasteiger partial charge is 0.395 e. The van der Waals surface area contributed by atoms with Gasteiger partial charge in [-0.3, -0.25) is 9.36 Å². The number of carbonyl (C=O) groups is 1. The predicted molar refractivity (Wildman–Crippen MR) is 107 cm³/mol. The SMILES string of the molecule is Cc1cccc(-n2nc(Cc3ccccc3)n(CC(=O)N(C)CCO)c2=O)c1. The number of aliphatic hydroxyl groups excluding tert-OH is 1. The molecule has 28 heavy (non-hydrogen) atoms. The van der Waals surface area contributed by atoms with E-state index in [1.165, 1.54) is 14.1 Å². The Balaban J connectivity index is 2.02. The highest BCUT2D eigenvalue weighted by Crippen LogP contribution is 2.11. The first-order chi connectivity index (χ1) is 13.5. The van der Waals surface area contributed by atoms with Crippen LogP contribution in [0.3, 0.4) is 0 Å². The van der Waals surface area contributed by atoms with Crippen molar-refractivity contribution >= 4 is 5.91 Å². The molecule has 0 aliphatic rings. The maximum Gasteiger partial charge on any atom is 0.351 e. The third-order valence-electron chi connectivity index (χ3n) is 4.54. The fraction of sp³-hybridized carbons (Fsp3) is 0.286. The molecule has 7 heteroatoms. The van der Waals surface area contributed by atoms with E-state index in [0.29, 0.717) is 17.9 Å². The van der Waals surface area contributed by atoms with Gasteiger partial charge in [-0.05, 0) is 30.2 Å². The number of aryl methyl sites for hydroxylation is 1. The van der Waals surface area contributed by atoms with E-state index in [0.717, 1.165) is 11.1 Å².